The topological polar surface area (TPSA) is 78.1 Å². The fraction of sp³-hybridized carbons (Fsp3) is 0.0455. The first-order valence-electron chi connectivity index (χ1n) is 9.26. The van der Waals surface area contributed by atoms with Crippen LogP contribution in [0.5, 0.6) is 5.75 Å². The Morgan fingerprint density at radius 3 is 2.35 bits per heavy atom. The molecule has 0 atom stereocenters. The number of halogens is 2. The quantitative estimate of drug-likeness (QED) is 0.350. The molecule has 0 saturated carbocycles. The minimum atomic E-state index is 0.366. The predicted molar refractivity (Wildman–Crippen MR) is 119 cm³/mol. The third kappa shape index (κ3) is 3.58. The van der Waals surface area contributed by atoms with Crippen molar-refractivity contribution < 1.29 is 4.74 Å². The third-order valence-electron chi connectivity index (χ3n) is 4.80. The zero-order valence-electron chi connectivity index (χ0n) is 16.2. The van der Waals surface area contributed by atoms with Crippen molar-refractivity contribution in [1.82, 2.24) is 29.5 Å². The summed E-state index contributed by atoms with van der Waals surface area (Å²) < 4.78 is 7.25. The number of rotatable bonds is 4. The standard InChI is InChI=1S/C22H14Cl2N6O/c1-31-16-4-2-3-13(9-16)19-20(14-5-7-25-17(23)10-14)28-21(30-12-27-29-22(19)30)15-6-8-26-18(24)11-15/h2-12H,1H3. The number of pyridine rings is 2. The Morgan fingerprint density at radius 2 is 1.61 bits per heavy atom. The van der Waals surface area contributed by atoms with Gasteiger partial charge in [-0.2, -0.15) is 0 Å². The molecule has 0 unspecified atom stereocenters. The molecule has 0 N–H and O–H groups in total. The van der Waals surface area contributed by atoms with Crippen molar-refractivity contribution in [1.29, 1.82) is 0 Å². The molecule has 9 heteroatoms. The van der Waals surface area contributed by atoms with Gasteiger partial charge in [-0.3, -0.25) is 4.40 Å². The van der Waals surface area contributed by atoms with Gasteiger partial charge in [-0.15, -0.1) is 10.2 Å². The van der Waals surface area contributed by atoms with Gasteiger partial charge in [0.2, 0.25) is 0 Å². The van der Waals surface area contributed by atoms with Gasteiger partial charge in [0.15, 0.2) is 5.65 Å². The summed E-state index contributed by atoms with van der Waals surface area (Å²) >= 11 is 12.3. The van der Waals surface area contributed by atoms with Crippen molar-refractivity contribution in [2.45, 2.75) is 0 Å². The van der Waals surface area contributed by atoms with Gasteiger partial charge in [0.25, 0.3) is 0 Å². The lowest BCUT2D eigenvalue weighted by molar-refractivity contribution is 0.415. The van der Waals surface area contributed by atoms with E-state index in [9.17, 15) is 0 Å². The van der Waals surface area contributed by atoms with E-state index in [4.69, 9.17) is 32.9 Å². The highest BCUT2D eigenvalue weighted by molar-refractivity contribution is 6.30. The second kappa shape index (κ2) is 7.94. The van der Waals surface area contributed by atoms with Gasteiger partial charge < -0.3 is 4.74 Å². The highest BCUT2D eigenvalue weighted by Crippen LogP contribution is 2.37. The summed E-state index contributed by atoms with van der Waals surface area (Å²) in [5.74, 6) is 1.35. The number of ether oxygens (including phenoxy) is 1. The molecule has 1 aromatic carbocycles. The molecule has 0 spiro atoms. The van der Waals surface area contributed by atoms with Gasteiger partial charge in [0.05, 0.1) is 18.4 Å². The van der Waals surface area contributed by atoms with Crippen molar-refractivity contribution in [3.05, 3.63) is 77.6 Å². The van der Waals surface area contributed by atoms with E-state index in [1.54, 1.807) is 38.0 Å². The Balaban J connectivity index is 1.88. The maximum Gasteiger partial charge on any atom is 0.172 e. The van der Waals surface area contributed by atoms with E-state index < -0.39 is 0 Å². The lowest BCUT2D eigenvalue weighted by atomic mass is 10.00. The Labute approximate surface area is 187 Å². The molecule has 0 radical (unpaired) electrons. The van der Waals surface area contributed by atoms with Crippen LogP contribution in [0.1, 0.15) is 0 Å². The first-order chi connectivity index (χ1) is 15.1. The molecular weight excluding hydrogens is 435 g/mol. The molecule has 0 amide bonds. The van der Waals surface area contributed by atoms with Crippen molar-refractivity contribution in [3.8, 4) is 39.5 Å². The van der Waals surface area contributed by atoms with Crippen molar-refractivity contribution in [3.63, 3.8) is 0 Å². The molecule has 0 aliphatic carbocycles. The van der Waals surface area contributed by atoms with E-state index >= 15 is 0 Å². The van der Waals surface area contributed by atoms with E-state index in [0.717, 1.165) is 28.0 Å². The van der Waals surface area contributed by atoms with E-state index in [0.29, 0.717) is 27.5 Å². The van der Waals surface area contributed by atoms with Crippen LogP contribution >= 0.6 is 23.2 Å². The summed E-state index contributed by atoms with van der Waals surface area (Å²) in [6.45, 7) is 0. The molecule has 0 bridgehead atoms. The smallest absolute Gasteiger partial charge is 0.172 e. The Kier molecular flexibility index (Phi) is 4.97. The highest BCUT2D eigenvalue weighted by atomic mass is 35.5. The van der Waals surface area contributed by atoms with Crippen molar-refractivity contribution >= 4 is 28.8 Å². The van der Waals surface area contributed by atoms with Gasteiger partial charge >= 0.3 is 0 Å². The van der Waals surface area contributed by atoms with E-state index in [-0.39, 0.29) is 0 Å². The Hall–Kier alpha value is -3.55. The van der Waals surface area contributed by atoms with Crippen LogP contribution in [0.4, 0.5) is 0 Å². The van der Waals surface area contributed by atoms with E-state index in [1.807, 2.05) is 40.8 Å². The third-order valence-corrected chi connectivity index (χ3v) is 5.21. The second-order valence-corrected chi connectivity index (χ2v) is 7.42. The lowest BCUT2D eigenvalue weighted by Gasteiger charge is -2.15. The van der Waals surface area contributed by atoms with Crippen LogP contribution in [0.25, 0.3) is 39.4 Å². The summed E-state index contributed by atoms with van der Waals surface area (Å²) in [4.78, 5) is 13.2. The zero-order valence-corrected chi connectivity index (χ0v) is 17.7. The van der Waals surface area contributed by atoms with Crippen LogP contribution in [0, 0.1) is 0 Å². The summed E-state index contributed by atoms with van der Waals surface area (Å²) in [5, 5.41) is 9.28. The maximum absolute atomic E-state index is 6.20. The van der Waals surface area contributed by atoms with Crippen LogP contribution in [-0.4, -0.2) is 36.7 Å². The van der Waals surface area contributed by atoms with Gasteiger partial charge in [0, 0.05) is 23.5 Å². The zero-order chi connectivity index (χ0) is 21.4. The number of hydrogen-bond donors (Lipinski definition) is 0. The molecule has 0 saturated heterocycles. The molecular formula is C22H14Cl2N6O. The average molecular weight is 449 g/mol. The normalized spacial score (nSPS) is 11.1. The number of methoxy groups -OCH3 is 1. The van der Waals surface area contributed by atoms with Gasteiger partial charge in [0.1, 0.15) is 28.2 Å². The molecule has 0 fully saturated rings. The summed E-state index contributed by atoms with van der Waals surface area (Å²) in [6.07, 6.45) is 4.90. The van der Waals surface area contributed by atoms with Gasteiger partial charge in [-0.25, -0.2) is 15.0 Å². The molecule has 0 aliphatic heterocycles. The minimum absolute atomic E-state index is 0.366. The van der Waals surface area contributed by atoms with Crippen LogP contribution in [0.2, 0.25) is 10.3 Å². The Morgan fingerprint density at radius 1 is 0.871 bits per heavy atom. The maximum atomic E-state index is 6.20. The fourth-order valence-corrected chi connectivity index (χ4v) is 3.78. The number of fused-ring (bicyclic) bond motifs is 1. The molecule has 5 aromatic rings. The van der Waals surface area contributed by atoms with E-state index in [2.05, 4.69) is 20.2 Å². The van der Waals surface area contributed by atoms with Crippen LogP contribution in [0.3, 0.4) is 0 Å². The van der Waals surface area contributed by atoms with Crippen molar-refractivity contribution in [2.24, 2.45) is 0 Å². The van der Waals surface area contributed by atoms with Gasteiger partial charge in [-0.05, 0) is 42.0 Å². The number of hydrogen-bond acceptors (Lipinski definition) is 6. The SMILES string of the molecule is COc1cccc(-c2c(-c3ccnc(Cl)c3)nc(-c3ccnc(Cl)c3)n3cnnc23)c1. The monoisotopic (exact) mass is 448 g/mol. The summed E-state index contributed by atoms with van der Waals surface area (Å²) in [6, 6.07) is 14.9. The molecule has 31 heavy (non-hydrogen) atoms. The molecule has 4 heterocycles. The lowest BCUT2D eigenvalue weighted by Crippen LogP contribution is -2.02. The number of nitrogens with zero attached hydrogens (tertiary/aromatic N) is 6. The molecule has 7 nitrogen and oxygen atoms in total. The number of benzene rings is 1. The van der Waals surface area contributed by atoms with Crippen LogP contribution in [0.15, 0.2) is 67.3 Å². The minimum Gasteiger partial charge on any atom is -0.497 e. The largest absolute Gasteiger partial charge is 0.497 e. The first kappa shape index (κ1) is 19.4. The highest BCUT2D eigenvalue weighted by Gasteiger charge is 2.20. The summed E-state index contributed by atoms with van der Waals surface area (Å²) in [5.41, 5.74) is 4.57. The fourth-order valence-electron chi connectivity index (χ4n) is 3.43. The summed E-state index contributed by atoms with van der Waals surface area (Å²) in [7, 11) is 1.63. The molecule has 152 valence electrons. The first-order valence-corrected chi connectivity index (χ1v) is 10.0. The van der Waals surface area contributed by atoms with Gasteiger partial charge in [-0.1, -0.05) is 35.3 Å². The molecule has 0 aliphatic rings. The number of aromatic nitrogens is 6. The second-order valence-electron chi connectivity index (χ2n) is 6.65. The van der Waals surface area contributed by atoms with Crippen molar-refractivity contribution in [2.75, 3.05) is 7.11 Å². The van der Waals surface area contributed by atoms with Crippen LogP contribution in [-0.2, 0) is 0 Å². The Bertz CT molecular complexity index is 1420. The molecule has 4 aromatic heterocycles. The predicted octanol–water partition coefficient (Wildman–Crippen LogP) is 5.23. The molecule has 5 rings (SSSR count). The van der Waals surface area contributed by atoms with Crippen LogP contribution < -0.4 is 4.74 Å². The van der Waals surface area contributed by atoms with E-state index in [1.165, 1.54) is 0 Å². The average Bonchev–Trinajstić information content (AvgIpc) is 3.27.